The summed E-state index contributed by atoms with van der Waals surface area (Å²) in [5.41, 5.74) is 0. The fourth-order valence-electron chi connectivity index (χ4n) is 0.931. The van der Waals surface area contributed by atoms with Crippen LogP contribution in [0.25, 0.3) is 0 Å². The summed E-state index contributed by atoms with van der Waals surface area (Å²) in [5, 5.41) is 0. The Hall–Kier alpha value is -0.0800. The summed E-state index contributed by atoms with van der Waals surface area (Å²) >= 11 is 0. The summed E-state index contributed by atoms with van der Waals surface area (Å²) in [6, 6.07) is 0. The zero-order valence-corrected chi connectivity index (χ0v) is 7.02. The topological polar surface area (TPSA) is 18.5 Å². The summed E-state index contributed by atoms with van der Waals surface area (Å²) in [5.74, 6) is 0.256. The van der Waals surface area contributed by atoms with E-state index in [2.05, 4.69) is 13.8 Å². The molecule has 60 valence electrons. The highest BCUT2D eigenvalue weighted by Gasteiger charge is 2.29. The van der Waals surface area contributed by atoms with Crippen LogP contribution >= 0.6 is 0 Å². The SMILES string of the molecule is CCC1(C)OCC(C)CO1. The van der Waals surface area contributed by atoms with Gasteiger partial charge in [-0.2, -0.15) is 0 Å². The summed E-state index contributed by atoms with van der Waals surface area (Å²) < 4.78 is 11.0. The maximum absolute atomic E-state index is 5.50. The zero-order valence-electron chi connectivity index (χ0n) is 7.02. The molecule has 0 amide bonds. The van der Waals surface area contributed by atoms with Crippen LogP contribution in [0.3, 0.4) is 0 Å². The van der Waals surface area contributed by atoms with E-state index in [9.17, 15) is 0 Å². The van der Waals surface area contributed by atoms with E-state index in [0.29, 0.717) is 5.92 Å². The molecule has 0 N–H and O–H groups in total. The van der Waals surface area contributed by atoms with Crippen molar-refractivity contribution >= 4 is 0 Å². The third-order valence-electron chi connectivity index (χ3n) is 1.99. The van der Waals surface area contributed by atoms with E-state index in [4.69, 9.17) is 9.47 Å². The normalized spacial score (nSPS) is 41.7. The molecule has 1 heterocycles. The summed E-state index contributed by atoms with van der Waals surface area (Å²) in [6.07, 6.45) is 0.930. The van der Waals surface area contributed by atoms with E-state index in [1.807, 2.05) is 6.92 Å². The van der Waals surface area contributed by atoms with Crippen LogP contribution in [0.5, 0.6) is 0 Å². The molecule has 1 fully saturated rings. The highest BCUT2D eigenvalue weighted by atomic mass is 16.7. The lowest BCUT2D eigenvalue weighted by atomic mass is 10.1. The summed E-state index contributed by atoms with van der Waals surface area (Å²) in [4.78, 5) is 0. The largest absolute Gasteiger partial charge is 0.350 e. The molecule has 0 radical (unpaired) electrons. The van der Waals surface area contributed by atoms with Crippen LogP contribution in [0.1, 0.15) is 27.2 Å². The average Bonchev–Trinajstić information content (AvgIpc) is 1.96. The van der Waals surface area contributed by atoms with Crippen LogP contribution in [0, 0.1) is 5.92 Å². The van der Waals surface area contributed by atoms with Gasteiger partial charge < -0.3 is 9.47 Å². The molecule has 1 aliphatic rings. The van der Waals surface area contributed by atoms with Gasteiger partial charge in [-0.25, -0.2) is 0 Å². The number of hydrogen-bond donors (Lipinski definition) is 0. The Morgan fingerprint density at radius 3 is 2.30 bits per heavy atom. The average molecular weight is 144 g/mol. The van der Waals surface area contributed by atoms with Crippen LogP contribution in [0.15, 0.2) is 0 Å². The molecule has 0 spiro atoms. The van der Waals surface area contributed by atoms with Gasteiger partial charge in [0.25, 0.3) is 0 Å². The first-order valence-electron chi connectivity index (χ1n) is 3.94. The Morgan fingerprint density at radius 1 is 1.40 bits per heavy atom. The zero-order chi connectivity index (χ0) is 7.61. The van der Waals surface area contributed by atoms with Crippen molar-refractivity contribution in [3.63, 3.8) is 0 Å². The first-order valence-corrected chi connectivity index (χ1v) is 3.94. The van der Waals surface area contributed by atoms with E-state index in [1.165, 1.54) is 0 Å². The predicted octanol–water partition coefficient (Wildman–Crippen LogP) is 1.80. The molecule has 10 heavy (non-hydrogen) atoms. The van der Waals surface area contributed by atoms with Gasteiger partial charge in [0.1, 0.15) is 0 Å². The Kier molecular flexibility index (Phi) is 2.32. The standard InChI is InChI=1S/C8H16O2/c1-4-8(3)9-5-7(2)6-10-8/h7H,4-6H2,1-3H3. The monoisotopic (exact) mass is 144 g/mol. The van der Waals surface area contributed by atoms with Gasteiger partial charge in [-0.15, -0.1) is 0 Å². The fraction of sp³-hybridized carbons (Fsp3) is 1.00. The Morgan fingerprint density at radius 2 is 1.90 bits per heavy atom. The van der Waals surface area contributed by atoms with Gasteiger partial charge >= 0.3 is 0 Å². The molecule has 1 saturated heterocycles. The predicted molar refractivity (Wildman–Crippen MR) is 39.8 cm³/mol. The second-order valence-electron chi connectivity index (χ2n) is 3.21. The lowest BCUT2D eigenvalue weighted by molar-refractivity contribution is -0.271. The number of hydrogen-bond acceptors (Lipinski definition) is 2. The third-order valence-corrected chi connectivity index (χ3v) is 1.99. The minimum Gasteiger partial charge on any atom is -0.350 e. The van der Waals surface area contributed by atoms with Gasteiger partial charge in [-0.1, -0.05) is 13.8 Å². The van der Waals surface area contributed by atoms with Crippen molar-refractivity contribution in [2.75, 3.05) is 13.2 Å². The molecule has 0 unspecified atom stereocenters. The molecule has 0 aromatic carbocycles. The van der Waals surface area contributed by atoms with Gasteiger partial charge in [-0.3, -0.25) is 0 Å². The van der Waals surface area contributed by atoms with Crippen molar-refractivity contribution in [2.24, 2.45) is 5.92 Å². The lowest BCUT2D eigenvalue weighted by Gasteiger charge is -2.35. The second-order valence-corrected chi connectivity index (χ2v) is 3.21. The molecule has 0 saturated carbocycles. The van der Waals surface area contributed by atoms with E-state index in [-0.39, 0.29) is 5.79 Å². The van der Waals surface area contributed by atoms with Crippen LogP contribution in [-0.4, -0.2) is 19.0 Å². The van der Waals surface area contributed by atoms with Gasteiger partial charge in [0.15, 0.2) is 5.79 Å². The minimum atomic E-state index is -0.299. The van der Waals surface area contributed by atoms with Crippen molar-refractivity contribution in [3.05, 3.63) is 0 Å². The third kappa shape index (κ3) is 1.70. The van der Waals surface area contributed by atoms with Gasteiger partial charge in [-0.05, 0) is 13.3 Å². The fourth-order valence-corrected chi connectivity index (χ4v) is 0.931. The molecule has 0 aromatic rings. The van der Waals surface area contributed by atoms with Gasteiger partial charge in [0, 0.05) is 5.92 Å². The minimum absolute atomic E-state index is 0.299. The molecular weight excluding hydrogens is 128 g/mol. The Labute approximate surface area is 62.5 Å². The Balaban J connectivity index is 2.38. The van der Waals surface area contributed by atoms with Crippen LogP contribution in [0.4, 0.5) is 0 Å². The molecule has 2 heteroatoms. The highest BCUT2D eigenvalue weighted by Crippen LogP contribution is 2.23. The summed E-state index contributed by atoms with van der Waals surface area (Å²) in [6.45, 7) is 7.89. The molecule has 1 rings (SSSR count). The molecule has 0 aliphatic carbocycles. The van der Waals surface area contributed by atoms with Crippen molar-refractivity contribution in [3.8, 4) is 0 Å². The highest BCUT2D eigenvalue weighted by molar-refractivity contribution is 4.67. The van der Waals surface area contributed by atoms with Gasteiger partial charge in [0.2, 0.25) is 0 Å². The molecular formula is C8H16O2. The van der Waals surface area contributed by atoms with Crippen LogP contribution < -0.4 is 0 Å². The van der Waals surface area contributed by atoms with Crippen molar-refractivity contribution in [2.45, 2.75) is 33.0 Å². The first-order chi connectivity index (χ1) is 4.66. The maximum Gasteiger partial charge on any atom is 0.165 e. The van der Waals surface area contributed by atoms with Gasteiger partial charge in [0.05, 0.1) is 13.2 Å². The van der Waals surface area contributed by atoms with E-state index >= 15 is 0 Å². The maximum atomic E-state index is 5.50. The lowest BCUT2D eigenvalue weighted by Crippen LogP contribution is -2.40. The van der Waals surface area contributed by atoms with Crippen molar-refractivity contribution in [1.82, 2.24) is 0 Å². The molecule has 0 atom stereocenters. The smallest absolute Gasteiger partial charge is 0.165 e. The van der Waals surface area contributed by atoms with Crippen molar-refractivity contribution < 1.29 is 9.47 Å². The molecule has 0 aromatic heterocycles. The molecule has 1 aliphatic heterocycles. The second kappa shape index (κ2) is 2.89. The molecule has 2 nitrogen and oxygen atoms in total. The van der Waals surface area contributed by atoms with E-state index < -0.39 is 0 Å². The van der Waals surface area contributed by atoms with Crippen molar-refractivity contribution in [1.29, 1.82) is 0 Å². The van der Waals surface area contributed by atoms with Crippen LogP contribution in [-0.2, 0) is 9.47 Å². The van der Waals surface area contributed by atoms with E-state index in [1.54, 1.807) is 0 Å². The summed E-state index contributed by atoms with van der Waals surface area (Å²) in [7, 11) is 0. The number of ether oxygens (including phenoxy) is 2. The number of rotatable bonds is 1. The quantitative estimate of drug-likeness (QED) is 0.558. The molecule has 0 bridgehead atoms. The Bertz CT molecular complexity index is 104. The first kappa shape index (κ1) is 8.02. The van der Waals surface area contributed by atoms with E-state index in [0.717, 1.165) is 19.6 Å². The van der Waals surface area contributed by atoms with Crippen LogP contribution in [0.2, 0.25) is 0 Å².